The summed E-state index contributed by atoms with van der Waals surface area (Å²) in [7, 11) is -3.24. The zero-order chi connectivity index (χ0) is 13.9. The Morgan fingerprint density at radius 3 is 2.47 bits per heavy atom. The first-order chi connectivity index (χ1) is 9.03. The quantitative estimate of drug-likeness (QED) is 0.861. The second-order valence-electron chi connectivity index (χ2n) is 5.21. The Bertz CT molecular complexity index is 520. The number of sulfonamides is 1. The number of nitrogen functional groups attached to an aromatic ring is 1. The number of hydrogen-bond donors (Lipinski definition) is 1. The Balaban J connectivity index is 2.05. The number of piperidine rings is 1. The molecule has 0 aromatic heterocycles. The molecule has 0 spiro atoms. The number of nitrogens with two attached hydrogens (primary N) is 1. The van der Waals surface area contributed by atoms with Gasteiger partial charge in [-0.05, 0) is 30.4 Å². The van der Waals surface area contributed by atoms with Crippen LogP contribution in [-0.4, -0.2) is 25.8 Å². The molecule has 2 rings (SSSR count). The number of rotatable bonds is 4. The molecule has 0 atom stereocenters. The maximum atomic E-state index is 12.4. The third kappa shape index (κ3) is 3.48. The van der Waals surface area contributed by atoms with E-state index >= 15 is 0 Å². The molecular formula is C14H22N2O2S. The maximum Gasteiger partial charge on any atom is 0.218 e. The highest BCUT2D eigenvalue weighted by Crippen LogP contribution is 2.24. The van der Waals surface area contributed by atoms with Crippen molar-refractivity contribution in [3.63, 3.8) is 0 Å². The lowest BCUT2D eigenvalue weighted by molar-refractivity contribution is 0.269. The van der Waals surface area contributed by atoms with Gasteiger partial charge in [-0.15, -0.1) is 0 Å². The van der Waals surface area contributed by atoms with E-state index in [0.29, 0.717) is 30.3 Å². The van der Waals surface area contributed by atoms with Crippen molar-refractivity contribution in [2.24, 2.45) is 5.92 Å². The van der Waals surface area contributed by atoms with Crippen molar-refractivity contribution in [2.75, 3.05) is 18.8 Å². The predicted molar refractivity (Wildman–Crippen MR) is 78.1 cm³/mol. The van der Waals surface area contributed by atoms with Gasteiger partial charge in [-0.25, -0.2) is 12.7 Å². The smallest absolute Gasteiger partial charge is 0.218 e. The molecule has 1 aliphatic rings. The molecule has 1 heterocycles. The van der Waals surface area contributed by atoms with Gasteiger partial charge in [-0.3, -0.25) is 0 Å². The molecule has 106 valence electrons. The van der Waals surface area contributed by atoms with Gasteiger partial charge in [0, 0.05) is 18.8 Å². The van der Waals surface area contributed by atoms with E-state index in [-0.39, 0.29) is 5.75 Å². The molecule has 0 aliphatic carbocycles. The van der Waals surface area contributed by atoms with Crippen LogP contribution in [0.2, 0.25) is 0 Å². The SMILES string of the molecule is CCC1CCN(S(=O)(=O)Cc2ccccc2N)CC1. The number of anilines is 1. The van der Waals surface area contributed by atoms with Crippen molar-refractivity contribution in [3.05, 3.63) is 29.8 Å². The van der Waals surface area contributed by atoms with E-state index in [1.807, 2.05) is 12.1 Å². The highest BCUT2D eigenvalue weighted by Gasteiger charge is 2.27. The summed E-state index contributed by atoms with van der Waals surface area (Å²) < 4.78 is 26.4. The van der Waals surface area contributed by atoms with Gasteiger partial charge in [-0.1, -0.05) is 31.5 Å². The lowest BCUT2D eigenvalue weighted by atomic mass is 9.96. The van der Waals surface area contributed by atoms with Crippen LogP contribution < -0.4 is 5.73 Å². The molecule has 4 nitrogen and oxygen atoms in total. The molecule has 0 amide bonds. The van der Waals surface area contributed by atoms with Gasteiger partial charge in [0.05, 0.1) is 5.75 Å². The van der Waals surface area contributed by atoms with Crippen LogP contribution in [-0.2, 0) is 15.8 Å². The van der Waals surface area contributed by atoms with E-state index in [0.717, 1.165) is 19.3 Å². The minimum absolute atomic E-state index is 0.0104. The highest BCUT2D eigenvalue weighted by molar-refractivity contribution is 7.88. The van der Waals surface area contributed by atoms with Gasteiger partial charge in [0.1, 0.15) is 0 Å². The second-order valence-corrected chi connectivity index (χ2v) is 7.17. The van der Waals surface area contributed by atoms with Crippen LogP contribution in [0.4, 0.5) is 5.69 Å². The average Bonchev–Trinajstić information content (AvgIpc) is 2.41. The van der Waals surface area contributed by atoms with Gasteiger partial charge < -0.3 is 5.73 Å². The Morgan fingerprint density at radius 1 is 1.26 bits per heavy atom. The molecule has 1 saturated heterocycles. The van der Waals surface area contributed by atoms with Crippen LogP contribution in [0.25, 0.3) is 0 Å². The van der Waals surface area contributed by atoms with Crippen molar-refractivity contribution in [1.82, 2.24) is 4.31 Å². The van der Waals surface area contributed by atoms with Crippen molar-refractivity contribution in [3.8, 4) is 0 Å². The zero-order valence-electron chi connectivity index (χ0n) is 11.4. The van der Waals surface area contributed by atoms with E-state index < -0.39 is 10.0 Å². The first kappa shape index (κ1) is 14.3. The Morgan fingerprint density at radius 2 is 1.89 bits per heavy atom. The lowest BCUT2D eigenvalue weighted by Gasteiger charge is -2.30. The van der Waals surface area contributed by atoms with Crippen LogP contribution in [0.3, 0.4) is 0 Å². The van der Waals surface area contributed by atoms with E-state index in [4.69, 9.17) is 5.73 Å². The van der Waals surface area contributed by atoms with Gasteiger partial charge in [0.25, 0.3) is 0 Å². The van der Waals surface area contributed by atoms with E-state index in [1.165, 1.54) is 0 Å². The fourth-order valence-electron chi connectivity index (χ4n) is 2.55. The summed E-state index contributed by atoms with van der Waals surface area (Å²) in [6, 6.07) is 7.17. The zero-order valence-corrected chi connectivity index (χ0v) is 12.2. The third-order valence-corrected chi connectivity index (χ3v) is 5.76. The molecule has 0 unspecified atom stereocenters. The van der Waals surface area contributed by atoms with Crippen LogP contribution in [0.1, 0.15) is 31.7 Å². The van der Waals surface area contributed by atoms with E-state index in [2.05, 4.69) is 6.92 Å². The number of benzene rings is 1. The normalized spacial score (nSPS) is 18.6. The van der Waals surface area contributed by atoms with Gasteiger partial charge in [0.2, 0.25) is 10.0 Å². The first-order valence-electron chi connectivity index (χ1n) is 6.84. The molecule has 1 fully saturated rings. The molecule has 0 saturated carbocycles. The Hall–Kier alpha value is -1.07. The molecule has 1 aliphatic heterocycles. The van der Waals surface area contributed by atoms with Crippen LogP contribution in [0.15, 0.2) is 24.3 Å². The summed E-state index contributed by atoms with van der Waals surface area (Å²) in [6.45, 7) is 3.46. The minimum atomic E-state index is -3.24. The summed E-state index contributed by atoms with van der Waals surface area (Å²) in [4.78, 5) is 0. The second kappa shape index (κ2) is 5.92. The molecule has 1 aromatic rings. The van der Waals surface area contributed by atoms with E-state index in [1.54, 1.807) is 16.4 Å². The predicted octanol–water partition coefficient (Wildman–Crippen LogP) is 2.22. The number of nitrogens with zero attached hydrogens (tertiary/aromatic N) is 1. The molecule has 5 heteroatoms. The number of para-hydroxylation sites is 1. The molecule has 0 radical (unpaired) electrons. The summed E-state index contributed by atoms with van der Waals surface area (Å²) in [5.74, 6) is 0.685. The summed E-state index contributed by atoms with van der Waals surface area (Å²) >= 11 is 0. The number of hydrogen-bond acceptors (Lipinski definition) is 3. The van der Waals surface area contributed by atoms with Crippen molar-refractivity contribution >= 4 is 15.7 Å². The average molecular weight is 282 g/mol. The first-order valence-corrected chi connectivity index (χ1v) is 8.45. The van der Waals surface area contributed by atoms with E-state index in [9.17, 15) is 8.42 Å². The van der Waals surface area contributed by atoms with Crippen molar-refractivity contribution in [2.45, 2.75) is 31.9 Å². The molecule has 1 aromatic carbocycles. The monoisotopic (exact) mass is 282 g/mol. The molecule has 2 N–H and O–H groups in total. The van der Waals surface area contributed by atoms with Gasteiger partial charge >= 0.3 is 0 Å². The van der Waals surface area contributed by atoms with Gasteiger partial charge in [0.15, 0.2) is 0 Å². The Labute approximate surface area is 115 Å². The maximum absolute atomic E-state index is 12.4. The Kier molecular flexibility index (Phi) is 4.47. The standard InChI is InChI=1S/C14H22N2O2S/c1-2-12-7-9-16(10-8-12)19(17,18)11-13-5-3-4-6-14(13)15/h3-6,12H,2,7-11,15H2,1H3. The summed E-state index contributed by atoms with van der Waals surface area (Å²) in [5.41, 5.74) is 7.06. The van der Waals surface area contributed by atoms with Crippen LogP contribution >= 0.6 is 0 Å². The largest absolute Gasteiger partial charge is 0.398 e. The fourth-order valence-corrected chi connectivity index (χ4v) is 4.15. The summed E-state index contributed by atoms with van der Waals surface area (Å²) in [5, 5.41) is 0. The van der Waals surface area contributed by atoms with Crippen LogP contribution in [0.5, 0.6) is 0 Å². The molecular weight excluding hydrogens is 260 g/mol. The minimum Gasteiger partial charge on any atom is -0.398 e. The lowest BCUT2D eigenvalue weighted by Crippen LogP contribution is -2.39. The topological polar surface area (TPSA) is 63.4 Å². The fraction of sp³-hybridized carbons (Fsp3) is 0.571. The van der Waals surface area contributed by atoms with Gasteiger partial charge in [-0.2, -0.15) is 0 Å². The van der Waals surface area contributed by atoms with Crippen LogP contribution in [0, 0.1) is 5.92 Å². The third-order valence-electron chi connectivity index (χ3n) is 3.94. The molecule has 0 bridgehead atoms. The summed E-state index contributed by atoms with van der Waals surface area (Å²) in [6.07, 6.45) is 3.08. The van der Waals surface area contributed by atoms with Crippen molar-refractivity contribution in [1.29, 1.82) is 0 Å². The van der Waals surface area contributed by atoms with Crippen molar-refractivity contribution < 1.29 is 8.42 Å². The molecule has 19 heavy (non-hydrogen) atoms. The highest BCUT2D eigenvalue weighted by atomic mass is 32.2.